The first-order chi connectivity index (χ1) is 9.65. The lowest BCUT2D eigenvalue weighted by Gasteiger charge is -2.17. The molecule has 0 heterocycles. The molecular weight excluding hydrogens is 260 g/mol. The highest BCUT2D eigenvalue weighted by Crippen LogP contribution is 2.07. The summed E-state index contributed by atoms with van der Waals surface area (Å²) in [7, 11) is 2.98. The third-order valence-corrected chi connectivity index (χ3v) is 2.83. The maximum Gasteiger partial charge on any atom is 0.161 e. The van der Waals surface area contributed by atoms with Crippen molar-refractivity contribution in [3.05, 3.63) is 35.9 Å². The molecule has 0 spiro atoms. The summed E-state index contributed by atoms with van der Waals surface area (Å²) in [5, 5.41) is 9.73. The molecule has 1 aromatic rings. The lowest BCUT2D eigenvalue weighted by Crippen LogP contribution is -2.24. The Balaban J connectivity index is 2.19. The van der Waals surface area contributed by atoms with Gasteiger partial charge in [0.05, 0.1) is 12.7 Å². The summed E-state index contributed by atoms with van der Waals surface area (Å²) in [6.45, 7) is 0.387. The number of hydrogen-bond acceptors (Lipinski definition) is 5. The Bertz CT molecular complexity index is 375. The van der Waals surface area contributed by atoms with Crippen LogP contribution >= 0.6 is 0 Å². The predicted molar refractivity (Wildman–Crippen MR) is 74.2 cm³/mol. The Hall–Kier alpha value is -1.27. The van der Waals surface area contributed by atoms with E-state index in [9.17, 15) is 9.90 Å². The molecule has 0 saturated carbocycles. The molecule has 112 valence electrons. The summed E-state index contributed by atoms with van der Waals surface area (Å²) in [6.07, 6.45) is -0.981. The molecule has 1 N–H and O–H groups in total. The van der Waals surface area contributed by atoms with E-state index in [2.05, 4.69) is 0 Å². The standard InChI is InChI=1S/C15H22O5/c1-18-15(19-2)9-13(16)8-14(17)11-20-10-12-6-4-3-5-7-12/h3-7,13,15-16H,8-11H2,1-2H3/t13-/m1/s1. The van der Waals surface area contributed by atoms with E-state index in [-0.39, 0.29) is 25.2 Å². The maximum atomic E-state index is 11.6. The summed E-state index contributed by atoms with van der Waals surface area (Å²) < 4.78 is 15.2. The van der Waals surface area contributed by atoms with Gasteiger partial charge in [-0.1, -0.05) is 30.3 Å². The zero-order valence-electron chi connectivity index (χ0n) is 12.0. The molecule has 1 atom stereocenters. The highest BCUT2D eigenvalue weighted by Gasteiger charge is 2.16. The lowest BCUT2D eigenvalue weighted by molar-refractivity contribution is -0.134. The van der Waals surface area contributed by atoms with E-state index in [1.54, 1.807) is 0 Å². The van der Waals surface area contributed by atoms with Gasteiger partial charge >= 0.3 is 0 Å². The van der Waals surface area contributed by atoms with Crippen molar-refractivity contribution in [1.82, 2.24) is 0 Å². The molecule has 0 aliphatic heterocycles. The SMILES string of the molecule is COC(C[C@H](O)CC(=O)COCc1ccccc1)OC. The number of carbonyl (C=O) groups excluding carboxylic acids is 1. The molecule has 1 aromatic carbocycles. The zero-order chi connectivity index (χ0) is 14.8. The van der Waals surface area contributed by atoms with Crippen LogP contribution in [0.15, 0.2) is 30.3 Å². The molecule has 0 aromatic heterocycles. The molecule has 5 heteroatoms. The van der Waals surface area contributed by atoms with Crippen molar-refractivity contribution < 1.29 is 24.1 Å². The quantitative estimate of drug-likeness (QED) is 0.659. The van der Waals surface area contributed by atoms with Crippen molar-refractivity contribution in [3.63, 3.8) is 0 Å². The van der Waals surface area contributed by atoms with Gasteiger partial charge in [-0.3, -0.25) is 4.79 Å². The first kappa shape index (κ1) is 16.8. The average molecular weight is 282 g/mol. The zero-order valence-corrected chi connectivity index (χ0v) is 12.0. The van der Waals surface area contributed by atoms with Crippen molar-refractivity contribution in [3.8, 4) is 0 Å². The summed E-state index contributed by atoms with van der Waals surface area (Å²) in [5.41, 5.74) is 1.01. The van der Waals surface area contributed by atoms with Crippen LogP contribution in [0, 0.1) is 0 Å². The molecule has 20 heavy (non-hydrogen) atoms. The second-order valence-electron chi connectivity index (χ2n) is 4.51. The minimum Gasteiger partial charge on any atom is -0.392 e. The number of rotatable bonds is 10. The smallest absolute Gasteiger partial charge is 0.161 e. The minimum absolute atomic E-state index is 0.00339. The van der Waals surface area contributed by atoms with Crippen molar-refractivity contribution in [2.45, 2.75) is 31.8 Å². The molecule has 0 bridgehead atoms. The van der Waals surface area contributed by atoms with Crippen LogP contribution in [0.4, 0.5) is 0 Å². The normalized spacial score (nSPS) is 12.6. The van der Waals surface area contributed by atoms with Crippen LogP contribution in [0.5, 0.6) is 0 Å². The van der Waals surface area contributed by atoms with Gasteiger partial charge < -0.3 is 19.3 Å². The number of Topliss-reactive ketones (excluding diaryl/α,β-unsaturated/α-hetero) is 1. The van der Waals surface area contributed by atoms with Gasteiger partial charge in [0.2, 0.25) is 0 Å². The number of aliphatic hydroxyl groups excluding tert-OH is 1. The topological polar surface area (TPSA) is 65.0 Å². The average Bonchev–Trinajstić information content (AvgIpc) is 2.45. The Morgan fingerprint density at radius 3 is 2.45 bits per heavy atom. The molecular formula is C15H22O5. The van der Waals surface area contributed by atoms with Gasteiger partial charge in [-0.05, 0) is 5.56 Å². The maximum absolute atomic E-state index is 11.6. The molecule has 0 amide bonds. The number of ether oxygens (including phenoxy) is 3. The number of methoxy groups -OCH3 is 2. The summed E-state index contributed by atoms with van der Waals surface area (Å²) >= 11 is 0. The van der Waals surface area contributed by atoms with Crippen LogP contribution in [0.2, 0.25) is 0 Å². The number of carbonyl (C=O) groups is 1. The van der Waals surface area contributed by atoms with Gasteiger partial charge in [-0.15, -0.1) is 0 Å². The highest BCUT2D eigenvalue weighted by atomic mass is 16.7. The molecule has 1 rings (SSSR count). The molecule has 0 aliphatic carbocycles. The van der Waals surface area contributed by atoms with E-state index in [0.29, 0.717) is 6.61 Å². The van der Waals surface area contributed by atoms with E-state index in [1.165, 1.54) is 14.2 Å². The third kappa shape index (κ3) is 6.77. The molecule has 0 aliphatic rings. The van der Waals surface area contributed by atoms with Crippen molar-refractivity contribution in [1.29, 1.82) is 0 Å². The van der Waals surface area contributed by atoms with E-state index in [1.807, 2.05) is 30.3 Å². The highest BCUT2D eigenvalue weighted by molar-refractivity contribution is 5.80. The Morgan fingerprint density at radius 1 is 1.20 bits per heavy atom. The molecule has 0 unspecified atom stereocenters. The van der Waals surface area contributed by atoms with E-state index in [4.69, 9.17) is 14.2 Å². The van der Waals surface area contributed by atoms with Crippen LogP contribution < -0.4 is 0 Å². The fourth-order valence-electron chi connectivity index (χ4n) is 1.77. The molecule has 5 nitrogen and oxygen atoms in total. The third-order valence-electron chi connectivity index (χ3n) is 2.83. The summed E-state index contributed by atoms with van der Waals surface area (Å²) in [6, 6.07) is 9.62. The van der Waals surface area contributed by atoms with Crippen molar-refractivity contribution in [2.75, 3.05) is 20.8 Å². The van der Waals surface area contributed by atoms with Crippen LogP contribution in [0.25, 0.3) is 0 Å². The first-order valence-electron chi connectivity index (χ1n) is 6.52. The molecule has 0 saturated heterocycles. The van der Waals surface area contributed by atoms with E-state index in [0.717, 1.165) is 5.56 Å². The monoisotopic (exact) mass is 282 g/mol. The number of hydrogen-bond donors (Lipinski definition) is 1. The van der Waals surface area contributed by atoms with Gasteiger partial charge in [-0.25, -0.2) is 0 Å². The van der Waals surface area contributed by atoms with Crippen LogP contribution in [-0.4, -0.2) is 44.1 Å². The van der Waals surface area contributed by atoms with Crippen molar-refractivity contribution >= 4 is 5.78 Å². The Morgan fingerprint density at radius 2 is 1.85 bits per heavy atom. The second kappa shape index (κ2) is 9.61. The van der Waals surface area contributed by atoms with Crippen LogP contribution in [0.1, 0.15) is 18.4 Å². The fourth-order valence-corrected chi connectivity index (χ4v) is 1.77. The second-order valence-corrected chi connectivity index (χ2v) is 4.51. The molecule has 0 radical (unpaired) electrons. The number of benzene rings is 1. The van der Waals surface area contributed by atoms with E-state index < -0.39 is 12.4 Å². The predicted octanol–water partition coefficient (Wildman–Crippen LogP) is 1.53. The first-order valence-corrected chi connectivity index (χ1v) is 6.52. The summed E-state index contributed by atoms with van der Waals surface area (Å²) in [4.78, 5) is 11.6. The lowest BCUT2D eigenvalue weighted by atomic mass is 10.1. The van der Waals surface area contributed by atoms with Gasteiger partial charge in [0.25, 0.3) is 0 Å². The number of ketones is 1. The van der Waals surface area contributed by atoms with Crippen LogP contribution in [0.3, 0.4) is 0 Å². The van der Waals surface area contributed by atoms with Gasteiger partial charge in [0.1, 0.15) is 6.61 Å². The molecule has 0 fully saturated rings. The van der Waals surface area contributed by atoms with Gasteiger partial charge in [0, 0.05) is 27.1 Å². The summed E-state index contributed by atoms with van der Waals surface area (Å²) in [5.74, 6) is -0.139. The Labute approximate surface area is 119 Å². The van der Waals surface area contributed by atoms with E-state index >= 15 is 0 Å². The minimum atomic E-state index is -0.785. The largest absolute Gasteiger partial charge is 0.392 e. The van der Waals surface area contributed by atoms with Gasteiger partial charge in [0.15, 0.2) is 12.1 Å². The number of aliphatic hydroxyl groups is 1. The van der Waals surface area contributed by atoms with Gasteiger partial charge in [-0.2, -0.15) is 0 Å². The van der Waals surface area contributed by atoms with Crippen LogP contribution in [-0.2, 0) is 25.6 Å². The Kier molecular flexibility index (Phi) is 8.06. The fraction of sp³-hybridized carbons (Fsp3) is 0.533. The van der Waals surface area contributed by atoms with Crippen molar-refractivity contribution in [2.24, 2.45) is 0 Å².